The van der Waals surface area contributed by atoms with Crippen LogP contribution in [-0.4, -0.2) is 34.8 Å². The molecule has 0 N–H and O–H groups in total. The van der Waals surface area contributed by atoms with Crippen LogP contribution in [0.1, 0.15) is 23.2 Å². The molecule has 1 aliphatic rings. The van der Waals surface area contributed by atoms with E-state index in [2.05, 4.69) is 4.98 Å². The van der Waals surface area contributed by atoms with E-state index in [1.165, 1.54) is 6.20 Å². The van der Waals surface area contributed by atoms with Crippen LogP contribution in [0, 0.1) is 5.92 Å². The molecule has 0 aliphatic carbocycles. The molecule has 0 spiro atoms. The van der Waals surface area contributed by atoms with Crippen molar-refractivity contribution >= 4 is 29.1 Å². The maximum atomic E-state index is 12.2. The van der Waals surface area contributed by atoms with Gasteiger partial charge >= 0.3 is 0 Å². The molecule has 1 aliphatic heterocycles. The van der Waals surface area contributed by atoms with Crippen LogP contribution in [0.25, 0.3) is 0 Å². The summed E-state index contributed by atoms with van der Waals surface area (Å²) in [5.74, 6) is 1.21. The van der Waals surface area contributed by atoms with E-state index in [0.29, 0.717) is 22.4 Å². The van der Waals surface area contributed by atoms with E-state index in [4.69, 9.17) is 23.2 Å². The van der Waals surface area contributed by atoms with E-state index >= 15 is 0 Å². The quantitative estimate of drug-likeness (QED) is 0.776. The number of likely N-dealkylation sites (tertiary alicyclic amines) is 1. The molecule has 1 amide bonds. The van der Waals surface area contributed by atoms with Gasteiger partial charge in [0.2, 0.25) is 0 Å². The first-order chi connectivity index (χ1) is 8.22. The fourth-order valence-electron chi connectivity index (χ4n) is 2.01. The predicted octanol–water partition coefficient (Wildman–Crippen LogP) is 2.83. The van der Waals surface area contributed by atoms with Gasteiger partial charge in [-0.3, -0.25) is 9.78 Å². The van der Waals surface area contributed by atoms with Crippen molar-refractivity contribution in [2.75, 3.05) is 19.0 Å². The van der Waals surface area contributed by atoms with E-state index < -0.39 is 0 Å². The Morgan fingerprint density at radius 1 is 1.47 bits per heavy atom. The molecule has 17 heavy (non-hydrogen) atoms. The van der Waals surface area contributed by atoms with Crippen molar-refractivity contribution in [1.29, 1.82) is 0 Å². The van der Waals surface area contributed by atoms with Gasteiger partial charge in [0, 0.05) is 31.4 Å². The summed E-state index contributed by atoms with van der Waals surface area (Å²) in [6.07, 6.45) is 5.03. The molecular weight excluding hydrogens is 259 g/mol. The lowest BCUT2D eigenvalue weighted by atomic mass is 9.98. The maximum Gasteiger partial charge on any atom is 0.255 e. The first-order valence-electron chi connectivity index (χ1n) is 5.67. The van der Waals surface area contributed by atoms with Gasteiger partial charge in [0.15, 0.2) is 0 Å². The van der Waals surface area contributed by atoms with E-state index in [0.717, 1.165) is 25.9 Å². The molecule has 92 valence electrons. The zero-order valence-electron chi connectivity index (χ0n) is 9.40. The number of hydrogen-bond donors (Lipinski definition) is 0. The smallest absolute Gasteiger partial charge is 0.255 e. The van der Waals surface area contributed by atoms with Crippen LogP contribution >= 0.6 is 23.2 Å². The Balaban J connectivity index is 2.04. The molecule has 1 aromatic heterocycles. The number of pyridine rings is 1. The van der Waals surface area contributed by atoms with E-state index in [1.54, 1.807) is 12.3 Å². The highest BCUT2D eigenvalue weighted by molar-refractivity contribution is 6.33. The minimum Gasteiger partial charge on any atom is -0.339 e. The van der Waals surface area contributed by atoms with Gasteiger partial charge in [-0.1, -0.05) is 11.6 Å². The summed E-state index contributed by atoms with van der Waals surface area (Å²) in [7, 11) is 0. The third-order valence-electron chi connectivity index (χ3n) is 3.12. The fourth-order valence-corrected chi connectivity index (χ4v) is 2.52. The zero-order chi connectivity index (χ0) is 12.3. The van der Waals surface area contributed by atoms with Crippen LogP contribution in [0.5, 0.6) is 0 Å². The fraction of sp³-hybridized carbons (Fsp3) is 0.500. The van der Waals surface area contributed by atoms with Crippen molar-refractivity contribution in [1.82, 2.24) is 9.88 Å². The van der Waals surface area contributed by atoms with Crippen LogP contribution in [0.4, 0.5) is 0 Å². The summed E-state index contributed by atoms with van der Waals surface area (Å²) in [5, 5.41) is 0.414. The summed E-state index contributed by atoms with van der Waals surface area (Å²) >= 11 is 11.8. The molecule has 0 aromatic carbocycles. The van der Waals surface area contributed by atoms with Gasteiger partial charge < -0.3 is 4.90 Å². The summed E-state index contributed by atoms with van der Waals surface area (Å²) in [6, 6.07) is 1.66. The average molecular weight is 273 g/mol. The Kier molecular flexibility index (Phi) is 4.24. The number of alkyl halides is 1. The molecular formula is C12H14Cl2N2O. The molecule has 0 atom stereocenters. The zero-order valence-corrected chi connectivity index (χ0v) is 10.9. The van der Waals surface area contributed by atoms with Gasteiger partial charge in [0.05, 0.1) is 10.6 Å². The van der Waals surface area contributed by atoms with Crippen LogP contribution in [0.15, 0.2) is 18.5 Å². The standard InChI is InChI=1S/C12H14Cl2N2O/c13-7-9-2-5-16(6-3-9)12(17)10-1-4-15-8-11(10)14/h1,4,8-9H,2-3,5-7H2. The van der Waals surface area contributed by atoms with Gasteiger partial charge in [0.25, 0.3) is 5.91 Å². The Morgan fingerprint density at radius 2 is 2.18 bits per heavy atom. The SMILES string of the molecule is O=C(c1ccncc1Cl)N1CCC(CCl)CC1. The average Bonchev–Trinajstić information content (AvgIpc) is 2.39. The molecule has 2 heterocycles. The molecule has 2 rings (SSSR count). The molecule has 3 nitrogen and oxygen atoms in total. The predicted molar refractivity (Wildman–Crippen MR) is 68.6 cm³/mol. The van der Waals surface area contributed by atoms with E-state index in [-0.39, 0.29) is 5.91 Å². The lowest BCUT2D eigenvalue weighted by Crippen LogP contribution is -2.38. The van der Waals surface area contributed by atoms with Gasteiger partial charge in [-0.15, -0.1) is 11.6 Å². The van der Waals surface area contributed by atoms with Crippen LogP contribution in [0.2, 0.25) is 5.02 Å². The highest BCUT2D eigenvalue weighted by Crippen LogP contribution is 2.22. The third-order valence-corrected chi connectivity index (χ3v) is 3.86. The van der Waals surface area contributed by atoms with Gasteiger partial charge in [-0.2, -0.15) is 0 Å². The third kappa shape index (κ3) is 2.90. The molecule has 0 radical (unpaired) electrons. The Hall–Kier alpha value is -0.800. The van der Waals surface area contributed by atoms with E-state index in [1.807, 2.05) is 4.90 Å². The lowest BCUT2D eigenvalue weighted by Gasteiger charge is -2.31. The highest BCUT2D eigenvalue weighted by atomic mass is 35.5. The summed E-state index contributed by atoms with van der Waals surface area (Å²) in [5.41, 5.74) is 0.533. The number of aromatic nitrogens is 1. The normalized spacial score (nSPS) is 17.2. The van der Waals surface area contributed by atoms with Gasteiger partial charge in [0.1, 0.15) is 0 Å². The number of carbonyl (C=O) groups is 1. The molecule has 1 aromatic rings. The number of nitrogens with zero attached hydrogens (tertiary/aromatic N) is 2. The van der Waals surface area contributed by atoms with Gasteiger partial charge in [-0.05, 0) is 24.8 Å². The minimum atomic E-state index is -0.00887. The van der Waals surface area contributed by atoms with Crippen LogP contribution < -0.4 is 0 Å². The first kappa shape index (κ1) is 12.7. The van der Waals surface area contributed by atoms with Crippen molar-refractivity contribution < 1.29 is 4.79 Å². The Morgan fingerprint density at radius 3 is 2.76 bits per heavy atom. The number of carbonyl (C=O) groups excluding carboxylic acids is 1. The number of hydrogen-bond acceptors (Lipinski definition) is 2. The van der Waals surface area contributed by atoms with E-state index in [9.17, 15) is 4.79 Å². The number of piperidine rings is 1. The first-order valence-corrected chi connectivity index (χ1v) is 6.58. The molecule has 1 fully saturated rings. The van der Waals surface area contributed by atoms with Gasteiger partial charge in [-0.25, -0.2) is 0 Å². The van der Waals surface area contributed by atoms with Crippen molar-refractivity contribution in [2.24, 2.45) is 5.92 Å². The topological polar surface area (TPSA) is 33.2 Å². The van der Waals surface area contributed by atoms with Crippen LogP contribution in [0.3, 0.4) is 0 Å². The molecule has 5 heteroatoms. The number of amides is 1. The molecule has 0 bridgehead atoms. The summed E-state index contributed by atoms with van der Waals surface area (Å²) in [6.45, 7) is 1.52. The minimum absolute atomic E-state index is 0.00887. The monoisotopic (exact) mass is 272 g/mol. The van der Waals surface area contributed by atoms with Crippen LogP contribution in [-0.2, 0) is 0 Å². The number of rotatable bonds is 2. The molecule has 1 saturated heterocycles. The number of halogens is 2. The van der Waals surface area contributed by atoms with Crippen molar-refractivity contribution in [3.63, 3.8) is 0 Å². The highest BCUT2D eigenvalue weighted by Gasteiger charge is 2.24. The second-order valence-corrected chi connectivity index (χ2v) is 4.96. The maximum absolute atomic E-state index is 12.2. The van der Waals surface area contributed by atoms with Crippen molar-refractivity contribution in [2.45, 2.75) is 12.8 Å². The van der Waals surface area contributed by atoms with Crippen molar-refractivity contribution in [3.05, 3.63) is 29.0 Å². The second-order valence-electron chi connectivity index (χ2n) is 4.25. The lowest BCUT2D eigenvalue weighted by molar-refractivity contribution is 0.0698. The Bertz CT molecular complexity index is 403. The molecule has 0 saturated carbocycles. The van der Waals surface area contributed by atoms with Crippen molar-refractivity contribution in [3.8, 4) is 0 Å². The molecule has 0 unspecified atom stereocenters. The largest absolute Gasteiger partial charge is 0.339 e. The summed E-state index contributed by atoms with van der Waals surface area (Å²) < 4.78 is 0. The Labute approximate surface area is 111 Å². The second kappa shape index (κ2) is 5.69. The summed E-state index contributed by atoms with van der Waals surface area (Å²) in [4.78, 5) is 17.9.